The molecule has 2 unspecified atom stereocenters. The van der Waals surface area contributed by atoms with Crippen LogP contribution in [0.4, 0.5) is 4.39 Å². The first kappa shape index (κ1) is 18.9. The molecular weight excluding hydrogens is 349 g/mol. The van der Waals surface area contributed by atoms with Gasteiger partial charge in [0.05, 0.1) is 11.9 Å². The first-order valence-electron chi connectivity index (χ1n) is 10.4. The second kappa shape index (κ2) is 7.54. The summed E-state index contributed by atoms with van der Waals surface area (Å²) < 4.78 is 15.2. The highest BCUT2D eigenvalue weighted by atomic mass is 19.1. The van der Waals surface area contributed by atoms with Crippen LogP contribution in [0.2, 0.25) is 0 Å². The Morgan fingerprint density at radius 2 is 1.93 bits per heavy atom. The van der Waals surface area contributed by atoms with Crippen LogP contribution in [0.5, 0.6) is 0 Å². The normalized spacial score (nSPS) is 19.4. The van der Waals surface area contributed by atoms with Crippen molar-refractivity contribution < 1.29 is 9.18 Å². The summed E-state index contributed by atoms with van der Waals surface area (Å²) in [5.74, 6) is 0.872. The van der Waals surface area contributed by atoms with Gasteiger partial charge in [-0.1, -0.05) is 37.6 Å². The van der Waals surface area contributed by atoms with Crippen LogP contribution in [0.3, 0.4) is 0 Å². The Kier molecular flexibility index (Phi) is 5.09. The molecule has 4 rings (SSSR count). The van der Waals surface area contributed by atoms with Crippen LogP contribution < -0.4 is 0 Å². The SMILES string of the molecule is CCC1CC(C)CCc2c1n(C(=O)Cc1ccc(F)cc1)c1ccc(C)cc21. The summed E-state index contributed by atoms with van der Waals surface area (Å²) in [6.45, 7) is 6.66. The van der Waals surface area contributed by atoms with E-state index in [-0.39, 0.29) is 18.1 Å². The fraction of sp³-hybridized carbons (Fsp3) is 0.400. The summed E-state index contributed by atoms with van der Waals surface area (Å²) in [6.07, 6.45) is 4.65. The minimum Gasteiger partial charge on any atom is -0.283 e. The van der Waals surface area contributed by atoms with E-state index in [4.69, 9.17) is 0 Å². The Morgan fingerprint density at radius 1 is 1.18 bits per heavy atom. The summed E-state index contributed by atoms with van der Waals surface area (Å²) in [5, 5.41) is 1.23. The smallest absolute Gasteiger partial charge is 0.235 e. The van der Waals surface area contributed by atoms with Gasteiger partial charge in [-0.25, -0.2) is 4.39 Å². The van der Waals surface area contributed by atoms with Crippen molar-refractivity contribution >= 4 is 16.8 Å². The molecule has 0 fully saturated rings. The number of carbonyl (C=O) groups is 1. The number of rotatable bonds is 3. The minimum atomic E-state index is -0.271. The predicted octanol–water partition coefficient (Wildman–Crippen LogP) is 6.44. The quantitative estimate of drug-likeness (QED) is 0.482. The second-order valence-corrected chi connectivity index (χ2v) is 8.40. The maximum Gasteiger partial charge on any atom is 0.235 e. The molecule has 1 aromatic heterocycles. The van der Waals surface area contributed by atoms with Gasteiger partial charge in [-0.2, -0.15) is 0 Å². The zero-order chi connectivity index (χ0) is 19.8. The van der Waals surface area contributed by atoms with Crippen LogP contribution >= 0.6 is 0 Å². The largest absolute Gasteiger partial charge is 0.283 e. The van der Waals surface area contributed by atoms with E-state index >= 15 is 0 Å². The maximum absolute atomic E-state index is 13.5. The molecule has 1 aliphatic carbocycles. The number of fused-ring (bicyclic) bond motifs is 3. The molecule has 0 bridgehead atoms. The Balaban J connectivity index is 1.87. The van der Waals surface area contributed by atoms with Gasteiger partial charge in [-0.3, -0.25) is 9.36 Å². The first-order chi connectivity index (χ1) is 13.5. The van der Waals surface area contributed by atoms with Crippen molar-refractivity contribution in [3.05, 3.63) is 70.7 Å². The number of hydrogen-bond donors (Lipinski definition) is 0. The van der Waals surface area contributed by atoms with Crippen molar-refractivity contribution in [1.82, 2.24) is 4.57 Å². The monoisotopic (exact) mass is 377 g/mol. The van der Waals surface area contributed by atoms with Crippen LogP contribution in [0, 0.1) is 18.7 Å². The van der Waals surface area contributed by atoms with Crippen molar-refractivity contribution in [1.29, 1.82) is 0 Å². The van der Waals surface area contributed by atoms with Crippen LogP contribution in [0.1, 0.15) is 66.2 Å². The standard InChI is InChI=1S/C25H28FNO/c1-4-19-13-16(2)5-11-21-22-14-17(3)6-12-23(22)27(25(19)21)24(28)15-18-7-9-20(26)10-8-18/h6-10,12,14,16,19H,4-5,11,13,15H2,1-3H3. The topological polar surface area (TPSA) is 22.0 Å². The third kappa shape index (κ3) is 3.39. The summed E-state index contributed by atoms with van der Waals surface area (Å²) in [6, 6.07) is 12.7. The van der Waals surface area contributed by atoms with Gasteiger partial charge in [-0.05, 0) is 79.8 Å². The molecule has 0 radical (unpaired) electrons. The summed E-state index contributed by atoms with van der Waals surface area (Å²) >= 11 is 0. The van der Waals surface area contributed by atoms with Gasteiger partial charge in [0.15, 0.2) is 0 Å². The van der Waals surface area contributed by atoms with E-state index in [1.807, 2.05) is 4.57 Å². The van der Waals surface area contributed by atoms with Gasteiger partial charge in [0, 0.05) is 11.1 Å². The molecule has 28 heavy (non-hydrogen) atoms. The molecule has 3 aromatic rings. The average molecular weight is 378 g/mol. The van der Waals surface area contributed by atoms with E-state index in [0.717, 1.165) is 30.3 Å². The summed E-state index contributed by atoms with van der Waals surface area (Å²) in [5.41, 5.74) is 5.69. The summed E-state index contributed by atoms with van der Waals surface area (Å²) in [4.78, 5) is 13.5. The zero-order valence-corrected chi connectivity index (χ0v) is 17.0. The Bertz CT molecular complexity index is 1020. The van der Waals surface area contributed by atoms with Crippen LogP contribution in [0.25, 0.3) is 10.9 Å². The fourth-order valence-corrected chi connectivity index (χ4v) is 4.77. The maximum atomic E-state index is 13.5. The van der Waals surface area contributed by atoms with Crippen molar-refractivity contribution in [2.75, 3.05) is 0 Å². The third-order valence-electron chi connectivity index (χ3n) is 6.24. The van der Waals surface area contributed by atoms with Gasteiger partial charge < -0.3 is 0 Å². The van der Waals surface area contributed by atoms with E-state index in [0.29, 0.717) is 11.8 Å². The molecule has 0 aliphatic heterocycles. The van der Waals surface area contributed by atoms with E-state index in [2.05, 4.69) is 39.0 Å². The van der Waals surface area contributed by atoms with Crippen molar-refractivity contribution in [3.63, 3.8) is 0 Å². The Hall–Kier alpha value is -2.42. The molecule has 0 saturated heterocycles. The number of aryl methyl sites for hydroxylation is 2. The highest BCUT2D eigenvalue weighted by molar-refractivity contribution is 5.97. The van der Waals surface area contributed by atoms with Crippen LogP contribution in [-0.4, -0.2) is 10.5 Å². The number of halogens is 1. The van der Waals surface area contributed by atoms with E-state index in [1.165, 1.54) is 40.8 Å². The highest BCUT2D eigenvalue weighted by Crippen LogP contribution is 2.41. The molecule has 0 spiro atoms. The van der Waals surface area contributed by atoms with Gasteiger partial charge in [0.2, 0.25) is 5.91 Å². The van der Waals surface area contributed by atoms with Gasteiger partial charge in [0.1, 0.15) is 5.82 Å². The number of benzene rings is 2. The molecule has 2 atom stereocenters. The molecule has 2 aromatic carbocycles. The molecular formula is C25H28FNO. The molecule has 2 nitrogen and oxygen atoms in total. The van der Waals surface area contributed by atoms with E-state index in [1.54, 1.807) is 12.1 Å². The predicted molar refractivity (Wildman–Crippen MR) is 113 cm³/mol. The van der Waals surface area contributed by atoms with Gasteiger partial charge in [0.25, 0.3) is 0 Å². The molecule has 1 aliphatic rings. The van der Waals surface area contributed by atoms with Crippen LogP contribution in [0.15, 0.2) is 42.5 Å². The Labute approximate surface area is 166 Å². The molecule has 0 amide bonds. The molecule has 1 heterocycles. The van der Waals surface area contributed by atoms with Crippen molar-refractivity contribution in [2.45, 2.75) is 58.8 Å². The number of hydrogen-bond acceptors (Lipinski definition) is 1. The molecule has 3 heteroatoms. The molecule has 0 N–H and O–H groups in total. The highest BCUT2D eigenvalue weighted by Gasteiger charge is 2.30. The third-order valence-corrected chi connectivity index (χ3v) is 6.24. The molecule has 146 valence electrons. The van der Waals surface area contributed by atoms with E-state index in [9.17, 15) is 9.18 Å². The fourth-order valence-electron chi connectivity index (χ4n) is 4.77. The lowest BCUT2D eigenvalue weighted by Gasteiger charge is -2.19. The average Bonchev–Trinajstić information content (AvgIpc) is 2.89. The lowest BCUT2D eigenvalue weighted by atomic mass is 9.91. The minimum absolute atomic E-state index is 0.0784. The van der Waals surface area contributed by atoms with Crippen molar-refractivity contribution in [2.24, 2.45) is 5.92 Å². The van der Waals surface area contributed by atoms with Gasteiger partial charge >= 0.3 is 0 Å². The number of carbonyl (C=O) groups excluding carboxylic acids is 1. The lowest BCUT2D eigenvalue weighted by Crippen LogP contribution is -2.19. The van der Waals surface area contributed by atoms with Crippen LogP contribution in [-0.2, 0) is 12.8 Å². The second-order valence-electron chi connectivity index (χ2n) is 8.40. The lowest BCUT2D eigenvalue weighted by molar-refractivity contribution is 0.0914. The number of nitrogens with zero attached hydrogens (tertiary/aromatic N) is 1. The van der Waals surface area contributed by atoms with Crippen molar-refractivity contribution in [3.8, 4) is 0 Å². The van der Waals surface area contributed by atoms with Gasteiger partial charge in [-0.15, -0.1) is 0 Å². The van der Waals surface area contributed by atoms with E-state index < -0.39 is 0 Å². The Morgan fingerprint density at radius 3 is 2.64 bits per heavy atom. The summed E-state index contributed by atoms with van der Waals surface area (Å²) in [7, 11) is 0. The number of aromatic nitrogens is 1. The zero-order valence-electron chi connectivity index (χ0n) is 17.0. The first-order valence-corrected chi connectivity index (χ1v) is 10.4. The molecule has 0 saturated carbocycles.